The number of rotatable bonds is 25. The van der Waals surface area contributed by atoms with E-state index < -0.39 is 95.7 Å². The van der Waals surface area contributed by atoms with Crippen LogP contribution in [0.25, 0.3) is 0 Å². The summed E-state index contributed by atoms with van der Waals surface area (Å²) in [6.07, 6.45) is 3.36. The molecule has 1 aliphatic rings. The minimum Gasteiger partial charge on any atom is -0.480 e. The second-order valence-electron chi connectivity index (χ2n) is 15.1. The van der Waals surface area contributed by atoms with Gasteiger partial charge >= 0.3 is 5.97 Å². The lowest BCUT2D eigenvalue weighted by atomic mass is 10.0. The number of guanidine groups is 1. The fourth-order valence-corrected chi connectivity index (χ4v) is 6.62. The summed E-state index contributed by atoms with van der Waals surface area (Å²) in [4.78, 5) is 106. The third-order valence-electron chi connectivity index (χ3n) is 9.34. The molecule has 1 rings (SSSR count). The van der Waals surface area contributed by atoms with Crippen molar-refractivity contribution in [1.29, 1.82) is 5.41 Å². The van der Waals surface area contributed by atoms with Crippen molar-refractivity contribution >= 4 is 77.7 Å². The van der Waals surface area contributed by atoms with Gasteiger partial charge in [-0.3, -0.25) is 39.0 Å². The van der Waals surface area contributed by atoms with Crippen molar-refractivity contribution in [3.05, 3.63) is 0 Å². The number of carboxylic acid groups (broad SMARTS) is 1. The highest BCUT2D eigenvalue weighted by Crippen LogP contribution is 2.19. The zero-order valence-electron chi connectivity index (χ0n) is 34.5. The van der Waals surface area contributed by atoms with Gasteiger partial charge in [0.05, 0.1) is 6.04 Å². The molecule has 0 aromatic carbocycles. The first-order valence-electron chi connectivity index (χ1n) is 19.4. The summed E-state index contributed by atoms with van der Waals surface area (Å²) >= 11 is 5.44. The topological polar surface area (TPSA) is 320 Å². The number of hydrogen-bond donors (Lipinski definition) is 12. The van der Waals surface area contributed by atoms with Crippen LogP contribution in [-0.2, 0) is 38.4 Å². The Morgan fingerprint density at radius 2 is 1.34 bits per heavy atom. The Morgan fingerprint density at radius 1 is 0.793 bits per heavy atom. The number of carboxylic acids is 1. The highest BCUT2D eigenvalue weighted by molar-refractivity contribution is 7.98. The lowest BCUT2D eigenvalue weighted by Crippen LogP contribution is -2.59. The molecule has 58 heavy (non-hydrogen) atoms. The molecule has 20 nitrogen and oxygen atoms in total. The molecule has 1 aliphatic heterocycles. The molecule has 0 spiro atoms. The minimum absolute atomic E-state index is 0.0433. The quantitative estimate of drug-likeness (QED) is 0.0205. The molecule has 0 bridgehead atoms. The van der Waals surface area contributed by atoms with Gasteiger partial charge in [-0.1, -0.05) is 27.7 Å². The first kappa shape index (κ1) is 51.7. The van der Waals surface area contributed by atoms with Crippen molar-refractivity contribution in [3.63, 3.8) is 0 Å². The van der Waals surface area contributed by atoms with Gasteiger partial charge in [-0.15, -0.1) is 0 Å². The average Bonchev–Trinajstić information content (AvgIpc) is 3.65. The molecule has 7 amide bonds. The van der Waals surface area contributed by atoms with Crippen molar-refractivity contribution in [2.75, 3.05) is 30.9 Å². The summed E-state index contributed by atoms with van der Waals surface area (Å²) in [6, 6.07) is -8.65. The Bertz CT molecular complexity index is 1460. The summed E-state index contributed by atoms with van der Waals surface area (Å²) in [6.45, 7) is 10.4. The molecular formula is C36H65N11O9S2. The van der Waals surface area contributed by atoms with Gasteiger partial charge in [0.2, 0.25) is 41.4 Å². The molecule has 330 valence electrons. The van der Waals surface area contributed by atoms with Crippen LogP contribution in [0, 0.1) is 17.2 Å². The number of nitrogens with two attached hydrogens (primary N) is 2. The van der Waals surface area contributed by atoms with Crippen LogP contribution in [0.2, 0.25) is 0 Å². The fraction of sp³-hybridized carbons (Fsp3) is 0.750. The molecule has 0 unspecified atom stereocenters. The Kier molecular flexibility index (Phi) is 23.1. The predicted molar refractivity (Wildman–Crippen MR) is 224 cm³/mol. The smallest absolute Gasteiger partial charge is 0.327 e. The van der Waals surface area contributed by atoms with Crippen molar-refractivity contribution in [2.45, 2.75) is 128 Å². The maximum atomic E-state index is 13.8. The second kappa shape index (κ2) is 25.9. The van der Waals surface area contributed by atoms with E-state index in [1.54, 1.807) is 13.8 Å². The molecule has 1 heterocycles. The van der Waals surface area contributed by atoms with Crippen LogP contribution in [-0.4, -0.2) is 142 Å². The van der Waals surface area contributed by atoms with Crippen LogP contribution in [0.4, 0.5) is 0 Å². The van der Waals surface area contributed by atoms with E-state index in [1.165, 1.54) is 30.5 Å². The highest BCUT2D eigenvalue weighted by Gasteiger charge is 2.39. The molecule has 0 aliphatic carbocycles. The molecule has 8 atom stereocenters. The number of hydrogen-bond acceptors (Lipinski definition) is 12. The molecule has 13 N–H and O–H groups in total. The summed E-state index contributed by atoms with van der Waals surface area (Å²) < 4.78 is 0. The number of thiol groups is 1. The van der Waals surface area contributed by atoms with Gasteiger partial charge in [0.1, 0.15) is 42.3 Å². The van der Waals surface area contributed by atoms with E-state index in [1.807, 2.05) is 20.1 Å². The second-order valence-corrected chi connectivity index (χ2v) is 16.4. The number of carbonyl (C=O) groups is 8. The van der Waals surface area contributed by atoms with Crippen LogP contribution in [0.3, 0.4) is 0 Å². The number of thioether (sulfide) groups is 1. The number of likely N-dealkylation sites (tertiary alicyclic amines) is 1. The number of amides is 7. The van der Waals surface area contributed by atoms with E-state index in [2.05, 4.69) is 49.8 Å². The van der Waals surface area contributed by atoms with Gasteiger partial charge in [0.25, 0.3) is 0 Å². The lowest BCUT2D eigenvalue weighted by molar-refractivity contribution is -0.142. The Morgan fingerprint density at radius 3 is 1.88 bits per heavy atom. The van der Waals surface area contributed by atoms with Gasteiger partial charge < -0.3 is 58.7 Å². The zero-order valence-corrected chi connectivity index (χ0v) is 36.2. The van der Waals surface area contributed by atoms with Crippen LogP contribution < -0.4 is 48.7 Å². The average molecular weight is 860 g/mol. The lowest BCUT2D eigenvalue weighted by Gasteiger charge is -2.30. The summed E-state index contributed by atoms with van der Waals surface area (Å²) in [7, 11) is 0. The van der Waals surface area contributed by atoms with Crippen molar-refractivity contribution < 1.29 is 43.5 Å². The molecule has 0 aromatic rings. The molecule has 1 fully saturated rings. The van der Waals surface area contributed by atoms with E-state index in [0.717, 1.165) is 0 Å². The number of carbonyl (C=O) groups excluding carboxylic acids is 7. The number of nitrogens with zero attached hydrogens (tertiary/aromatic N) is 1. The van der Waals surface area contributed by atoms with Crippen molar-refractivity contribution in [1.82, 2.24) is 42.1 Å². The molecule has 22 heteroatoms. The Hall–Kier alpha value is -4.31. The molecule has 0 radical (unpaired) electrons. The highest BCUT2D eigenvalue weighted by atomic mass is 32.2. The van der Waals surface area contributed by atoms with E-state index in [-0.39, 0.29) is 62.3 Å². The zero-order chi connectivity index (χ0) is 44.3. The van der Waals surface area contributed by atoms with Gasteiger partial charge in [-0.2, -0.15) is 24.4 Å². The van der Waals surface area contributed by atoms with Gasteiger partial charge in [-0.05, 0) is 76.2 Å². The third kappa shape index (κ3) is 17.7. The predicted octanol–water partition coefficient (Wildman–Crippen LogP) is -2.01. The SMILES string of the molecule is CSCC[C@H](NC(=O)[C@@H](N)C(C)C)C(=O)N[C@@H](C)C(=O)N1CCC[C@H]1C(=O)N[C@@H](CCCNC(=N)N)C(=O)N[C@@H](C)C(=O)N[C@@H](CC(C)C)C(=O)N[C@@H](CS)C(=O)O. The maximum Gasteiger partial charge on any atom is 0.327 e. The van der Waals surface area contributed by atoms with Crippen LogP contribution in [0.15, 0.2) is 0 Å². The van der Waals surface area contributed by atoms with E-state index >= 15 is 0 Å². The maximum absolute atomic E-state index is 13.8. The minimum atomic E-state index is -1.29. The van der Waals surface area contributed by atoms with E-state index in [0.29, 0.717) is 18.6 Å². The summed E-state index contributed by atoms with van der Waals surface area (Å²) in [5.74, 6) is -5.92. The number of aliphatic carboxylic acids is 1. The Balaban J connectivity index is 3.12. The van der Waals surface area contributed by atoms with Crippen LogP contribution in [0.5, 0.6) is 0 Å². The standard InChI is InChI=1S/C36H65N11O9S2/c1-18(2)16-24(31(51)46-25(17-57)35(55)56)45-28(48)20(5)41-29(49)22(10-8-13-40-36(38)39)43-32(52)26-11-9-14-47(26)34(54)21(6)42-30(50)23(12-15-58-7)44-33(53)27(37)19(3)4/h18-27,57H,8-17,37H2,1-7H3,(H,41,49)(H,42,50)(H,43,52)(H,44,53)(H,45,48)(H,46,51)(H,55,56)(H4,38,39,40)/t20-,21-,22-,23-,24-,25-,26-,27-/m0/s1. The fourth-order valence-electron chi connectivity index (χ4n) is 5.91. The van der Waals surface area contributed by atoms with Gasteiger partial charge in [-0.25, -0.2) is 4.79 Å². The molecule has 0 saturated carbocycles. The van der Waals surface area contributed by atoms with Gasteiger partial charge in [0.15, 0.2) is 5.96 Å². The molecule has 0 aromatic heterocycles. The number of nitrogens with one attached hydrogen (secondary N) is 8. The molecular weight excluding hydrogens is 795 g/mol. The van der Waals surface area contributed by atoms with E-state index in [9.17, 15) is 43.5 Å². The summed E-state index contributed by atoms with van der Waals surface area (Å²) in [5.41, 5.74) is 11.4. The van der Waals surface area contributed by atoms with Crippen molar-refractivity contribution in [3.8, 4) is 0 Å². The Labute approximate surface area is 350 Å². The van der Waals surface area contributed by atoms with Crippen LogP contribution >= 0.6 is 24.4 Å². The van der Waals surface area contributed by atoms with Gasteiger partial charge in [0, 0.05) is 18.8 Å². The molecule has 1 saturated heterocycles. The third-order valence-corrected chi connectivity index (χ3v) is 10.3. The normalized spacial score (nSPS) is 17.4. The van der Waals surface area contributed by atoms with E-state index in [4.69, 9.17) is 16.9 Å². The largest absolute Gasteiger partial charge is 0.480 e. The summed E-state index contributed by atoms with van der Waals surface area (Å²) in [5, 5.41) is 34.9. The monoisotopic (exact) mass is 859 g/mol. The first-order chi connectivity index (χ1) is 27.1. The first-order valence-corrected chi connectivity index (χ1v) is 21.5. The van der Waals surface area contributed by atoms with Crippen LogP contribution in [0.1, 0.15) is 80.1 Å². The van der Waals surface area contributed by atoms with Crippen molar-refractivity contribution in [2.24, 2.45) is 23.3 Å².